The number of carbonyl (C=O) groups is 3. The van der Waals surface area contributed by atoms with E-state index in [9.17, 15) is 19.5 Å². The van der Waals surface area contributed by atoms with Crippen LogP contribution in [0.15, 0.2) is 48.5 Å². The molecule has 0 radical (unpaired) electrons. The number of carbonyl (C=O) groups excluding carboxylic acids is 2. The Morgan fingerprint density at radius 1 is 1.06 bits per heavy atom. The predicted molar refractivity (Wildman–Crippen MR) is 131 cm³/mol. The average molecular weight is 477 g/mol. The van der Waals surface area contributed by atoms with Crippen LogP contribution in [0.2, 0.25) is 0 Å². The Morgan fingerprint density at radius 3 is 2.23 bits per heavy atom. The van der Waals surface area contributed by atoms with Crippen molar-refractivity contribution in [3.05, 3.63) is 59.7 Å². The van der Waals surface area contributed by atoms with Gasteiger partial charge in [0.1, 0.15) is 12.1 Å². The van der Waals surface area contributed by atoms with Crippen molar-refractivity contribution >= 4 is 18.0 Å². The van der Waals surface area contributed by atoms with Crippen LogP contribution in [0.3, 0.4) is 0 Å². The molecule has 4 aliphatic rings. The van der Waals surface area contributed by atoms with Gasteiger partial charge in [-0.25, -0.2) is 9.59 Å². The van der Waals surface area contributed by atoms with Crippen LogP contribution < -0.4 is 5.32 Å². The molecule has 2 aromatic rings. The zero-order chi connectivity index (χ0) is 24.6. The molecule has 7 heteroatoms. The number of amides is 2. The van der Waals surface area contributed by atoms with E-state index in [0.29, 0.717) is 31.7 Å². The number of rotatable bonds is 7. The molecule has 3 fully saturated rings. The molecule has 0 aromatic heterocycles. The summed E-state index contributed by atoms with van der Waals surface area (Å²) in [6.07, 6.45) is 2.67. The van der Waals surface area contributed by atoms with Gasteiger partial charge in [0.2, 0.25) is 5.91 Å². The Labute approximate surface area is 205 Å². The van der Waals surface area contributed by atoms with Gasteiger partial charge in [-0.2, -0.15) is 0 Å². The molecular weight excluding hydrogens is 444 g/mol. The summed E-state index contributed by atoms with van der Waals surface area (Å²) in [5.74, 6) is -1.24. The molecule has 35 heavy (non-hydrogen) atoms. The quantitative estimate of drug-likeness (QED) is 0.617. The van der Waals surface area contributed by atoms with Crippen LogP contribution in [0.1, 0.15) is 56.1 Å². The maximum Gasteiger partial charge on any atom is 0.407 e. The lowest BCUT2D eigenvalue weighted by Gasteiger charge is -2.52. The van der Waals surface area contributed by atoms with Crippen molar-refractivity contribution < 1.29 is 24.2 Å². The summed E-state index contributed by atoms with van der Waals surface area (Å²) in [4.78, 5) is 39.7. The second-order valence-electron chi connectivity index (χ2n) is 10.0. The highest BCUT2D eigenvalue weighted by Gasteiger charge is 2.54. The van der Waals surface area contributed by atoms with Crippen molar-refractivity contribution in [3.8, 4) is 11.1 Å². The van der Waals surface area contributed by atoms with Gasteiger partial charge in [0.25, 0.3) is 0 Å². The molecule has 6 rings (SSSR count). The van der Waals surface area contributed by atoms with Gasteiger partial charge in [0.15, 0.2) is 0 Å². The van der Waals surface area contributed by atoms with Gasteiger partial charge < -0.3 is 20.1 Å². The standard InChI is InChI=1S/C28H32N2O5/c1-2-19(25(31)30-16-18-11-13-28(30,14-12-18)26(32)33)15-29-27(34)35-17-24-22-9-5-3-7-20(22)21-8-4-6-10-23(21)24/h3-10,18-19,24H,2,11-17H2,1H3,(H,29,34)(H,32,33). The summed E-state index contributed by atoms with van der Waals surface area (Å²) in [6, 6.07) is 16.3. The first-order chi connectivity index (χ1) is 16.9. The minimum absolute atomic E-state index is 0.0314. The molecule has 7 nitrogen and oxygen atoms in total. The molecule has 1 unspecified atom stereocenters. The highest BCUT2D eigenvalue weighted by atomic mass is 16.5. The maximum absolute atomic E-state index is 13.4. The number of aliphatic carboxylic acids is 1. The largest absolute Gasteiger partial charge is 0.479 e. The number of carboxylic acids is 1. The number of hydrogen-bond donors (Lipinski definition) is 2. The highest BCUT2D eigenvalue weighted by molar-refractivity contribution is 5.89. The fraction of sp³-hybridized carbons (Fsp3) is 0.464. The SMILES string of the molecule is CCC(CNC(=O)OCC1c2ccccc2-c2ccccc21)C(=O)N1CC2CCC1(C(=O)O)CC2. The van der Waals surface area contributed by atoms with Gasteiger partial charge in [-0.1, -0.05) is 55.5 Å². The summed E-state index contributed by atoms with van der Waals surface area (Å²) < 4.78 is 5.60. The minimum Gasteiger partial charge on any atom is -0.479 e. The monoisotopic (exact) mass is 476 g/mol. The Kier molecular flexibility index (Phi) is 6.26. The van der Waals surface area contributed by atoms with E-state index in [4.69, 9.17) is 4.74 Å². The van der Waals surface area contributed by atoms with Crippen LogP contribution in [0, 0.1) is 11.8 Å². The van der Waals surface area contributed by atoms with Gasteiger partial charge in [0, 0.05) is 19.0 Å². The second-order valence-corrected chi connectivity index (χ2v) is 10.0. The Morgan fingerprint density at radius 2 is 1.66 bits per heavy atom. The number of benzene rings is 2. The number of carboxylic acid groups (broad SMARTS) is 1. The van der Waals surface area contributed by atoms with Crippen LogP contribution >= 0.6 is 0 Å². The third-order valence-corrected chi connectivity index (χ3v) is 8.23. The number of hydrogen-bond acceptors (Lipinski definition) is 4. The number of ether oxygens (including phenoxy) is 1. The van der Waals surface area contributed by atoms with Gasteiger partial charge in [-0.3, -0.25) is 4.79 Å². The van der Waals surface area contributed by atoms with Crippen LogP contribution in [-0.2, 0) is 14.3 Å². The molecule has 2 N–H and O–H groups in total. The normalized spacial score (nSPS) is 23.3. The van der Waals surface area contributed by atoms with Crippen molar-refractivity contribution in [1.82, 2.24) is 10.2 Å². The number of piperidine rings is 2. The molecule has 2 aliphatic carbocycles. The average Bonchev–Trinajstić information content (AvgIpc) is 3.22. The van der Waals surface area contributed by atoms with Crippen LogP contribution in [-0.4, -0.2) is 53.2 Å². The molecule has 1 atom stereocenters. The molecule has 2 amide bonds. The first-order valence-electron chi connectivity index (χ1n) is 12.6. The molecule has 2 saturated heterocycles. The van der Waals surface area contributed by atoms with E-state index in [1.807, 2.05) is 31.2 Å². The Balaban J connectivity index is 1.20. The topological polar surface area (TPSA) is 95.9 Å². The zero-order valence-electron chi connectivity index (χ0n) is 20.0. The third kappa shape index (κ3) is 4.07. The van der Waals surface area contributed by atoms with Crippen LogP contribution in [0.25, 0.3) is 11.1 Å². The number of alkyl carbamates (subject to hydrolysis) is 1. The van der Waals surface area contributed by atoms with Crippen molar-refractivity contribution in [3.63, 3.8) is 0 Å². The minimum atomic E-state index is -1.09. The first-order valence-corrected chi connectivity index (χ1v) is 12.6. The third-order valence-electron chi connectivity index (χ3n) is 8.23. The molecular formula is C28H32N2O5. The van der Waals surface area contributed by atoms with Crippen molar-refractivity contribution in [1.29, 1.82) is 0 Å². The summed E-state index contributed by atoms with van der Waals surface area (Å²) in [7, 11) is 0. The fourth-order valence-corrected chi connectivity index (χ4v) is 6.15. The van der Waals surface area contributed by atoms with Crippen LogP contribution in [0.5, 0.6) is 0 Å². The van der Waals surface area contributed by atoms with Crippen LogP contribution in [0.4, 0.5) is 4.79 Å². The number of nitrogens with one attached hydrogen (secondary N) is 1. The van der Waals surface area contributed by atoms with Gasteiger partial charge in [0.05, 0.1) is 5.92 Å². The molecule has 2 aromatic carbocycles. The Bertz CT molecular complexity index is 1090. The molecule has 184 valence electrons. The van der Waals surface area contributed by atoms with E-state index < -0.39 is 23.5 Å². The van der Waals surface area contributed by atoms with Gasteiger partial charge in [-0.05, 0) is 60.3 Å². The summed E-state index contributed by atoms with van der Waals surface area (Å²) in [5.41, 5.74) is 3.52. The molecule has 0 spiro atoms. The van der Waals surface area contributed by atoms with E-state index in [0.717, 1.165) is 35.1 Å². The first kappa shape index (κ1) is 23.4. The lowest BCUT2D eigenvalue weighted by atomic mass is 9.70. The Hall–Kier alpha value is -3.35. The lowest BCUT2D eigenvalue weighted by Crippen LogP contribution is -2.65. The molecule has 1 saturated carbocycles. The van der Waals surface area contributed by atoms with Crippen molar-refractivity contribution in [2.75, 3.05) is 19.7 Å². The number of nitrogens with zero attached hydrogens (tertiary/aromatic N) is 1. The fourth-order valence-electron chi connectivity index (χ4n) is 6.15. The lowest BCUT2D eigenvalue weighted by molar-refractivity contribution is -0.172. The highest BCUT2D eigenvalue weighted by Crippen LogP contribution is 2.45. The smallest absolute Gasteiger partial charge is 0.407 e. The van der Waals surface area contributed by atoms with Gasteiger partial charge >= 0.3 is 12.1 Å². The predicted octanol–water partition coefficient (Wildman–Crippen LogP) is 4.41. The second kappa shape index (κ2) is 9.36. The number of fused-ring (bicyclic) bond motifs is 6. The zero-order valence-corrected chi connectivity index (χ0v) is 20.0. The molecule has 2 aliphatic heterocycles. The van der Waals surface area contributed by atoms with E-state index in [2.05, 4.69) is 29.6 Å². The van der Waals surface area contributed by atoms with Crippen molar-refractivity contribution in [2.24, 2.45) is 11.8 Å². The van der Waals surface area contributed by atoms with E-state index >= 15 is 0 Å². The summed E-state index contributed by atoms with van der Waals surface area (Å²) >= 11 is 0. The maximum atomic E-state index is 13.4. The molecule has 2 bridgehead atoms. The van der Waals surface area contributed by atoms with Crippen molar-refractivity contribution in [2.45, 2.75) is 50.5 Å². The molecule has 2 heterocycles. The van der Waals surface area contributed by atoms with E-state index in [1.165, 1.54) is 0 Å². The summed E-state index contributed by atoms with van der Waals surface area (Å²) in [5, 5.41) is 12.7. The van der Waals surface area contributed by atoms with Gasteiger partial charge in [-0.15, -0.1) is 0 Å². The van der Waals surface area contributed by atoms with E-state index in [1.54, 1.807) is 4.90 Å². The van der Waals surface area contributed by atoms with E-state index in [-0.39, 0.29) is 25.0 Å². The summed E-state index contributed by atoms with van der Waals surface area (Å²) in [6.45, 7) is 2.72.